The summed E-state index contributed by atoms with van der Waals surface area (Å²) in [6, 6.07) is 3.16. The summed E-state index contributed by atoms with van der Waals surface area (Å²) in [5, 5.41) is 2.59. The molecule has 1 atom stereocenters. The molecule has 1 unspecified atom stereocenters. The van der Waals surface area contributed by atoms with Gasteiger partial charge in [-0.15, -0.1) is 0 Å². The minimum atomic E-state index is -4.32. The van der Waals surface area contributed by atoms with Gasteiger partial charge in [0.05, 0.1) is 12.0 Å². The lowest BCUT2D eigenvalue weighted by Gasteiger charge is -2.16. The van der Waals surface area contributed by atoms with Crippen LogP contribution >= 0.6 is 11.6 Å². The van der Waals surface area contributed by atoms with Crippen molar-refractivity contribution in [3.05, 3.63) is 28.8 Å². The number of rotatable bonds is 3. The first-order chi connectivity index (χ1) is 8.19. The number of amides is 1. The number of benzene rings is 1. The smallest absolute Gasteiger partial charge is 0.391 e. The molecule has 0 aliphatic heterocycles. The zero-order chi connectivity index (χ0) is 13.9. The van der Waals surface area contributed by atoms with Crippen molar-refractivity contribution in [2.24, 2.45) is 0 Å². The molecule has 0 saturated heterocycles. The van der Waals surface area contributed by atoms with Crippen LogP contribution in [0.4, 0.5) is 18.9 Å². The van der Waals surface area contributed by atoms with Gasteiger partial charge in [0.15, 0.2) is 0 Å². The van der Waals surface area contributed by atoms with Gasteiger partial charge in [0.2, 0.25) is 0 Å². The van der Waals surface area contributed by atoms with Gasteiger partial charge >= 0.3 is 6.18 Å². The first-order valence-electron chi connectivity index (χ1n) is 5.11. The van der Waals surface area contributed by atoms with Crippen molar-refractivity contribution in [1.82, 2.24) is 5.32 Å². The van der Waals surface area contributed by atoms with Gasteiger partial charge in [-0.25, -0.2) is 0 Å². The summed E-state index contributed by atoms with van der Waals surface area (Å²) in [5.41, 5.74) is 5.79. The molecule has 1 aromatic rings. The summed E-state index contributed by atoms with van der Waals surface area (Å²) >= 11 is 5.65. The molecule has 0 spiro atoms. The molecule has 1 amide bonds. The molecule has 0 aliphatic rings. The van der Waals surface area contributed by atoms with E-state index in [-0.39, 0.29) is 11.3 Å². The van der Waals surface area contributed by atoms with Crippen LogP contribution in [0.2, 0.25) is 5.02 Å². The quantitative estimate of drug-likeness (QED) is 0.836. The number of carbonyl (C=O) groups excluding carboxylic acids is 1. The number of hydrogen-bond donors (Lipinski definition) is 2. The van der Waals surface area contributed by atoms with Crippen molar-refractivity contribution in [3.8, 4) is 0 Å². The molecule has 0 saturated carbocycles. The van der Waals surface area contributed by atoms with E-state index in [1.807, 2.05) is 0 Å². The Morgan fingerprint density at radius 1 is 1.50 bits per heavy atom. The normalized spacial score (nSPS) is 13.2. The van der Waals surface area contributed by atoms with Crippen molar-refractivity contribution < 1.29 is 18.0 Å². The molecule has 0 fully saturated rings. The van der Waals surface area contributed by atoms with Crippen LogP contribution in [0.3, 0.4) is 0 Å². The van der Waals surface area contributed by atoms with Crippen LogP contribution in [-0.2, 0) is 0 Å². The lowest BCUT2D eigenvalue weighted by molar-refractivity contribution is -0.138. The molecular weight excluding hydrogens is 269 g/mol. The van der Waals surface area contributed by atoms with E-state index in [0.717, 1.165) is 0 Å². The maximum atomic E-state index is 12.1. The fourth-order valence-electron chi connectivity index (χ4n) is 1.44. The van der Waals surface area contributed by atoms with Crippen LogP contribution in [0, 0.1) is 0 Å². The molecule has 3 N–H and O–H groups in total. The van der Waals surface area contributed by atoms with Crippen molar-refractivity contribution in [2.45, 2.75) is 25.6 Å². The third-order valence-corrected chi connectivity index (χ3v) is 2.41. The van der Waals surface area contributed by atoms with E-state index < -0.39 is 24.5 Å². The summed E-state index contributed by atoms with van der Waals surface area (Å²) in [4.78, 5) is 11.7. The average Bonchev–Trinajstić information content (AvgIpc) is 2.13. The maximum Gasteiger partial charge on any atom is 0.391 e. The Labute approximate surface area is 107 Å². The van der Waals surface area contributed by atoms with E-state index in [0.29, 0.717) is 5.02 Å². The van der Waals surface area contributed by atoms with Gasteiger partial charge in [0.1, 0.15) is 0 Å². The molecule has 1 rings (SSSR count). The molecule has 18 heavy (non-hydrogen) atoms. The van der Waals surface area contributed by atoms with Crippen LogP contribution in [0.15, 0.2) is 18.2 Å². The number of anilines is 1. The zero-order valence-electron chi connectivity index (χ0n) is 9.51. The van der Waals surface area contributed by atoms with Crippen molar-refractivity contribution in [2.75, 3.05) is 5.73 Å². The van der Waals surface area contributed by atoms with Crippen LogP contribution in [0.1, 0.15) is 23.7 Å². The summed E-state index contributed by atoms with van der Waals surface area (Å²) in [6.07, 6.45) is -5.41. The minimum Gasteiger partial charge on any atom is -0.398 e. The predicted octanol–water partition coefficient (Wildman–Crippen LogP) is 2.99. The summed E-state index contributed by atoms with van der Waals surface area (Å²) < 4.78 is 36.3. The third kappa shape index (κ3) is 4.44. The van der Waals surface area contributed by atoms with Crippen LogP contribution in [0.25, 0.3) is 0 Å². The molecular formula is C11H12ClF3N2O. The second kappa shape index (κ2) is 5.48. The van der Waals surface area contributed by atoms with Gasteiger partial charge in [-0.1, -0.05) is 11.6 Å². The van der Waals surface area contributed by atoms with Crippen molar-refractivity contribution in [3.63, 3.8) is 0 Å². The molecule has 100 valence electrons. The van der Waals surface area contributed by atoms with Gasteiger partial charge in [-0.3, -0.25) is 4.79 Å². The molecule has 0 aromatic heterocycles. The van der Waals surface area contributed by atoms with E-state index in [4.69, 9.17) is 17.3 Å². The minimum absolute atomic E-state index is 0.105. The Hall–Kier alpha value is -1.43. The number of nitrogen functional groups attached to an aromatic ring is 1. The third-order valence-electron chi connectivity index (χ3n) is 2.17. The lowest BCUT2D eigenvalue weighted by atomic mass is 10.1. The number of carbonyl (C=O) groups is 1. The van der Waals surface area contributed by atoms with Crippen LogP contribution in [0.5, 0.6) is 0 Å². The molecule has 0 radical (unpaired) electrons. The summed E-state index contributed by atoms with van der Waals surface area (Å²) in [7, 11) is 0. The highest BCUT2D eigenvalue weighted by Gasteiger charge is 2.30. The highest BCUT2D eigenvalue weighted by atomic mass is 35.5. The lowest BCUT2D eigenvalue weighted by Crippen LogP contribution is -2.36. The molecule has 3 nitrogen and oxygen atoms in total. The van der Waals surface area contributed by atoms with E-state index in [1.165, 1.54) is 25.1 Å². The van der Waals surface area contributed by atoms with Gasteiger partial charge < -0.3 is 11.1 Å². The van der Waals surface area contributed by atoms with Crippen molar-refractivity contribution in [1.29, 1.82) is 0 Å². The Bertz CT molecular complexity index is 448. The Balaban J connectivity index is 2.71. The molecule has 0 bridgehead atoms. The number of nitrogens with two attached hydrogens (primary N) is 1. The fraction of sp³-hybridized carbons (Fsp3) is 0.364. The monoisotopic (exact) mass is 280 g/mol. The standard InChI is InChI=1S/C11H12ClF3N2O/c1-6(5-11(13,14)15)17-10(18)8-3-2-7(12)4-9(8)16/h2-4,6H,5,16H2,1H3,(H,17,18). The first kappa shape index (κ1) is 14.6. The molecule has 7 heteroatoms. The highest BCUT2D eigenvalue weighted by molar-refractivity contribution is 6.31. The average molecular weight is 281 g/mol. The van der Waals surface area contributed by atoms with E-state index in [9.17, 15) is 18.0 Å². The Morgan fingerprint density at radius 3 is 2.61 bits per heavy atom. The Morgan fingerprint density at radius 2 is 2.11 bits per heavy atom. The first-order valence-corrected chi connectivity index (χ1v) is 5.49. The second-order valence-electron chi connectivity index (χ2n) is 3.93. The van der Waals surface area contributed by atoms with Gasteiger partial charge in [-0.05, 0) is 25.1 Å². The fourth-order valence-corrected chi connectivity index (χ4v) is 1.62. The number of alkyl halides is 3. The largest absolute Gasteiger partial charge is 0.398 e. The molecule has 0 aliphatic carbocycles. The van der Waals surface area contributed by atoms with E-state index >= 15 is 0 Å². The highest BCUT2D eigenvalue weighted by Crippen LogP contribution is 2.22. The van der Waals surface area contributed by atoms with Crippen molar-refractivity contribution >= 4 is 23.2 Å². The van der Waals surface area contributed by atoms with Crippen LogP contribution in [-0.4, -0.2) is 18.1 Å². The predicted molar refractivity (Wildman–Crippen MR) is 63.5 cm³/mol. The summed E-state index contributed by atoms with van der Waals surface area (Å²) in [6.45, 7) is 1.28. The van der Waals surface area contributed by atoms with E-state index in [1.54, 1.807) is 0 Å². The number of hydrogen-bond acceptors (Lipinski definition) is 2. The zero-order valence-corrected chi connectivity index (χ0v) is 10.3. The summed E-state index contributed by atoms with van der Waals surface area (Å²) in [5.74, 6) is -0.652. The van der Waals surface area contributed by atoms with Gasteiger partial charge in [-0.2, -0.15) is 13.2 Å². The number of halogens is 4. The maximum absolute atomic E-state index is 12.1. The van der Waals surface area contributed by atoms with Gasteiger partial charge in [0.25, 0.3) is 5.91 Å². The topological polar surface area (TPSA) is 55.1 Å². The van der Waals surface area contributed by atoms with Crippen LogP contribution < -0.4 is 11.1 Å². The Kier molecular flexibility index (Phi) is 4.45. The van der Waals surface area contributed by atoms with Gasteiger partial charge in [0, 0.05) is 16.8 Å². The van der Waals surface area contributed by atoms with E-state index in [2.05, 4.69) is 5.32 Å². The molecule has 1 aromatic carbocycles. The molecule has 0 heterocycles. The number of nitrogens with one attached hydrogen (secondary N) is 1. The second-order valence-corrected chi connectivity index (χ2v) is 4.36. The SMILES string of the molecule is CC(CC(F)(F)F)NC(=O)c1ccc(Cl)cc1N.